The summed E-state index contributed by atoms with van der Waals surface area (Å²) in [4.78, 5) is 12.9. The molecule has 0 fully saturated rings. The van der Waals surface area contributed by atoms with Gasteiger partial charge in [0.25, 0.3) is 0 Å². The van der Waals surface area contributed by atoms with Gasteiger partial charge in [-0.1, -0.05) is 49.1 Å². The lowest BCUT2D eigenvalue weighted by atomic mass is 9.82. The number of nitrogens with zero attached hydrogens (tertiary/aromatic N) is 1. The first-order valence-electron chi connectivity index (χ1n) is 10.3. The Morgan fingerprint density at radius 3 is 2.64 bits per heavy atom. The Labute approximate surface area is 198 Å². The zero-order valence-electron chi connectivity index (χ0n) is 18.9. The molecular weight excluding hydrogens is 436 g/mol. The first kappa shape index (κ1) is 24.0. The maximum Gasteiger partial charge on any atom is 0.337 e. The first-order valence-corrected chi connectivity index (χ1v) is 11.5. The minimum atomic E-state index is -0.604. The van der Waals surface area contributed by atoms with E-state index in [4.69, 9.17) is 14.2 Å². The Morgan fingerprint density at radius 1 is 1.24 bits per heavy atom. The number of dihydropyridines is 1. The van der Waals surface area contributed by atoms with Gasteiger partial charge in [-0.15, -0.1) is 11.8 Å². The van der Waals surface area contributed by atoms with Crippen LogP contribution in [-0.2, 0) is 16.1 Å². The number of benzene rings is 2. The molecule has 0 aliphatic carbocycles. The molecule has 0 amide bonds. The zero-order valence-corrected chi connectivity index (χ0v) is 19.7. The zero-order chi connectivity index (χ0) is 23.8. The quantitative estimate of drug-likeness (QED) is 0.412. The molecule has 2 aromatic carbocycles. The number of methoxy groups -OCH3 is 1. The largest absolute Gasteiger partial charge is 0.493 e. The number of hydrogen-bond donors (Lipinski definition) is 1. The van der Waals surface area contributed by atoms with Crippen LogP contribution in [0.2, 0.25) is 0 Å². The van der Waals surface area contributed by atoms with E-state index >= 15 is 0 Å². The second-order valence-electron chi connectivity index (χ2n) is 7.23. The first-order chi connectivity index (χ1) is 16.0. The number of thioether (sulfide) groups is 1. The number of nitriles is 1. The van der Waals surface area contributed by atoms with E-state index in [1.54, 1.807) is 26.2 Å². The fourth-order valence-electron chi connectivity index (χ4n) is 3.61. The lowest BCUT2D eigenvalue weighted by Gasteiger charge is -2.29. The topological polar surface area (TPSA) is 80.6 Å². The molecule has 1 aliphatic heterocycles. The van der Waals surface area contributed by atoms with E-state index in [0.29, 0.717) is 40.0 Å². The number of carbonyl (C=O) groups excluding carboxylic acids is 1. The molecule has 1 N–H and O–H groups in total. The Kier molecular flexibility index (Phi) is 8.22. The molecule has 0 bridgehead atoms. The van der Waals surface area contributed by atoms with Crippen molar-refractivity contribution in [1.82, 2.24) is 5.32 Å². The monoisotopic (exact) mass is 462 g/mol. The van der Waals surface area contributed by atoms with Crippen molar-refractivity contribution < 1.29 is 19.0 Å². The van der Waals surface area contributed by atoms with Crippen molar-refractivity contribution in [2.45, 2.75) is 19.4 Å². The van der Waals surface area contributed by atoms with Crippen molar-refractivity contribution in [2.75, 3.05) is 20.0 Å². The highest BCUT2D eigenvalue weighted by Crippen LogP contribution is 2.43. The summed E-state index contributed by atoms with van der Waals surface area (Å²) >= 11 is 1.42. The Hall–Kier alpha value is -3.63. The van der Waals surface area contributed by atoms with Crippen molar-refractivity contribution in [2.24, 2.45) is 0 Å². The van der Waals surface area contributed by atoms with E-state index in [0.717, 1.165) is 11.1 Å². The summed E-state index contributed by atoms with van der Waals surface area (Å²) in [5.41, 5.74) is 3.23. The minimum absolute atomic E-state index is 0.0822. The summed E-state index contributed by atoms with van der Waals surface area (Å²) in [6, 6.07) is 17.6. The number of ether oxygens (including phenoxy) is 3. The van der Waals surface area contributed by atoms with E-state index in [9.17, 15) is 10.1 Å². The Morgan fingerprint density at radius 2 is 2.00 bits per heavy atom. The van der Waals surface area contributed by atoms with Crippen LogP contribution in [0, 0.1) is 11.3 Å². The molecule has 1 heterocycles. The summed E-state index contributed by atoms with van der Waals surface area (Å²) in [7, 11) is 1.56. The van der Waals surface area contributed by atoms with Gasteiger partial charge < -0.3 is 19.5 Å². The molecular formula is C26H26N2O4S. The van der Waals surface area contributed by atoms with Crippen molar-refractivity contribution in [3.05, 3.63) is 94.2 Å². The van der Waals surface area contributed by atoms with Crippen LogP contribution in [0.25, 0.3) is 0 Å². The lowest BCUT2D eigenvalue weighted by molar-refractivity contribution is -0.138. The summed E-state index contributed by atoms with van der Waals surface area (Å²) in [6.45, 7) is 5.87. The third kappa shape index (κ3) is 5.41. The van der Waals surface area contributed by atoms with Crippen LogP contribution in [0.1, 0.15) is 24.0 Å². The number of nitrogens with one attached hydrogen (secondary N) is 1. The second kappa shape index (κ2) is 11.3. The average Bonchev–Trinajstić information content (AvgIpc) is 2.85. The van der Waals surface area contributed by atoms with Gasteiger partial charge in [0.1, 0.15) is 13.2 Å². The van der Waals surface area contributed by atoms with E-state index in [1.165, 1.54) is 17.8 Å². The van der Waals surface area contributed by atoms with Crippen molar-refractivity contribution in [3.8, 4) is 17.6 Å². The Bertz CT molecular complexity index is 1130. The molecule has 7 heteroatoms. The third-order valence-electron chi connectivity index (χ3n) is 5.16. The smallest absolute Gasteiger partial charge is 0.337 e. The van der Waals surface area contributed by atoms with Gasteiger partial charge >= 0.3 is 5.97 Å². The van der Waals surface area contributed by atoms with Crippen LogP contribution >= 0.6 is 11.8 Å². The highest BCUT2D eigenvalue weighted by Gasteiger charge is 2.35. The van der Waals surface area contributed by atoms with Crippen LogP contribution in [0.15, 0.2) is 83.1 Å². The van der Waals surface area contributed by atoms with Crippen molar-refractivity contribution in [3.63, 3.8) is 0 Å². The normalized spacial score (nSPS) is 15.4. The summed E-state index contributed by atoms with van der Waals surface area (Å²) in [6.07, 6.45) is 3.39. The molecule has 1 atom stereocenters. The SMILES string of the molecule is C=CCOC(=O)C1=C(C)NC(SC)=C(C#N)C1c1ccc(OCc2ccccc2)c(OC)c1. The molecule has 2 aromatic rings. The molecule has 6 nitrogen and oxygen atoms in total. The van der Waals surface area contributed by atoms with Crippen molar-refractivity contribution >= 4 is 17.7 Å². The standard InChI is InChI=1S/C26H26N2O4S/c1-5-13-31-26(29)23-17(2)28-25(33-4)20(15-27)24(23)19-11-12-21(22(14-19)30-3)32-16-18-9-7-6-8-10-18/h5-12,14,24,28H,1,13,16H2,2-4H3. The highest BCUT2D eigenvalue weighted by atomic mass is 32.2. The molecule has 0 spiro atoms. The van der Waals surface area contributed by atoms with Gasteiger partial charge in [0.05, 0.1) is 35.3 Å². The molecule has 3 rings (SSSR count). The van der Waals surface area contributed by atoms with Crippen LogP contribution < -0.4 is 14.8 Å². The van der Waals surface area contributed by atoms with E-state index in [1.807, 2.05) is 42.7 Å². The van der Waals surface area contributed by atoms with Crippen LogP contribution in [-0.4, -0.2) is 25.9 Å². The van der Waals surface area contributed by atoms with Crippen LogP contribution in [0.4, 0.5) is 0 Å². The van der Waals surface area contributed by atoms with Crippen molar-refractivity contribution in [1.29, 1.82) is 5.26 Å². The maximum absolute atomic E-state index is 12.9. The van der Waals surface area contributed by atoms with Gasteiger partial charge in [0, 0.05) is 5.70 Å². The van der Waals surface area contributed by atoms with E-state index < -0.39 is 11.9 Å². The van der Waals surface area contributed by atoms with Gasteiger partial charge in [0.15, 0.2) is 11.5 Å². The van der Waals surface area contributed by atoms with Gasteiger partial charge in [-0.3, -0.25) is 0 Å². The fraction of sp³-hybridized carbons (Fsp3) is 0.231. The van der Waals surface area contributed by atoms with Gasteiger partial charge in [-0.05, 0) is 36.4 Å². The molecule has 170 valence electrons. The maximum atomic E-state index is 12.9. The minimum Gasteiger partial charge on any atom is -0.493 e. The summed E-state index contributed by atoms with van der Waals surface area (Å²) < 4.78 is 16.9. The number of hydrogen-bond acceptors (Lipinski definition) is 7. The molecule has 1 aliphatic rings. The van der Waals surface area contributed by atoms with Crippen LogP contribution in [0.3, 0.4) is 0 Å². The third-order valence-corrected chi connectivity index (χ3v) is 5.89. The number of carbonyl (C=O) groups is 1. The molecule has 0 saturated heterocycles. The summed E-state index contributed by atoms with van der Waals surface area (Å²) in [5, 5.41) is 13.8. The van der Waals surface area contributed by atoms with Gasteiger partial charge in [-0.2, -0.15) is 5.26 Å². The predicted molar refractivity (Wildman–Crippen MR) is 130 cm³/mol. The van der Waals surface area contributed by atoms with E-state index in [-0.39, 0.29) is 6.61 Å². The molecule has 0 aromatic heterocycles. The number of rotatable bonds is 9. The van der Waals surface area contributed by atoms with E-state index in [2.05, 4.69) is 18.0 Å². The Balaban J connectivity index is 2.01. The summed E-state index contributed by atoms with van der Waals surface area (Å²) in [5.74, 6) is -0.0150. The predicted octanol–water partition coefficient (Wildman–Crippen LogP) is 5.06. The molecule has 0 radical (unpaired) electrons. The fourth-order valence-corrected chi connectivity index (χ4v) is 4.25. The van der Waals surface area contributed by atoms with Gasteiger partial charge in [-0.25, -0.2) is 4.79 Å². The molecule has 33 heavy (non-hydrogen) atoms. The van der Waals surface area contributed by atoms with Crippen LogP contribution in [0.5, 0.6) is 11.5 Å². The lowest BCUT2D eigenvalue weighted by Crippen LogP contribution is -2.28. The second-order valence-corrected chi connectivity index (χ2v) is 8.04. The average molecular weight is 463 g/mol. The highest BCUT2D eigenvalue weighted by molar-refractivity contribution is 8.02. The number of esters is 1. The molecule has 1 unspecified atom stereocenters. The number of allylic oxidation sites excluding steroid dienone is 2. The molecule has 0 saturated carbocycles. The van der Waals surface area contributed by atoms with Gasteiger partial charge in [0.2, 0.25) is 0 Å².